The standard InChI is InChI=1S/C48H38N4O4/c1-53-34-13-5-29(6-14-34)45-33-27-44(49-28-33)48(32-11-19-37(56-4)20-12-32)43-26-25-42(52-43)47(31-9-17-36(55-3)18-10-31)41-24-23-40(51-41)46(39-22-21-38(45)50-39)30-7-15-35(54-2)16-8-30/h5-28,50,52H,1-4H3. The first kappa shape index (κ1) is 34.4. The molecule has 5 heterocycles. The molecule has 8 nitrogen and oxygen atoms in total. The largest absolute Gasteiger partial charge is 0.497 e. The van der Waals surface area contributed by atoms with Gasteiger partial charge in [-0.25, -0.2) is 4.98 Å². The highest BCUT2D eigenvalue weighted by atomic mass is 16.5. The van der Waals surface area contributed by atoms with E-state index >= 15 is 0 Å². The molecule has 2 N–H and O–H groups in total. The van der Waals surface area contributed by atoms with E-state index in [4.69, 9.17) is 28.9 Å². The number of nitrogens with zero attached hydrogens (tertiary/aromatic N) is 2. The summed E-state index contributed by atoms with van der Waals surface area (Å²) in [5, 5.41) is 0. The van der Waals surface area contributed by atoms with Gasteiger partial charge in [0.05, 0.1) is 45.5 Å². The van der Waals surface area contributed by atoms with Gasteiger partial charge in [-0.1, -0.05) is 48.5 Å². The van der Waals surface area contributed by atoms with Crippen LogP contribution in [-0.2, 0) is 0 Å². The number of benzene rings is 4. The predicted octanol–water partition coefficient (Wildman–Crippen LogP) is 11.5. The number of ether oxygens (including phenoxy) is 4. The maximum atomic E-state index is 5.53. The van der Waals surface area contributed by atoms with E-state index in [-0.39, 0.29) is 0 Å². The predicted molar refractivity (Wildman–Crippen MR) is 227 cm³/mol. The SMILES string of the molecule is COc1ccc(-c2c3cc(c(-c4ccc(OC)cc4)c4ccc([nH]4)c(-c4ccc(OC)cc4)c4nc(c(-c5ccc(OC)cc5)c5ccc2[nH]5)C=C4)N=C3)cc1. The first-order valence-electron chi connectivity index (χ1n) is 18.3. The molecular weight excluding hydrogens is 697 g/mol. The molecule has 0 atom stereocenters. The average molecular weight is 735 g/mol. The topological polar surface area (TPSA) is 93.8 Å². The molecule has 8 bridgehead atoms. The Morgan fingerprint density at radius 2 is 0.732 bits per heavy atom. The molecule has 0 radical (unpaired) electrons. The maximum absolute atomic E-state index is 5.53. The summed E-state index contributed by atoms with van der Waals surface area (Å²) in [5.41, 5.74) is 15.0. The summed E-state index contributed by atoms with van der Waals surface area (Å²) in [7, 11) is 6.71. The van der Waals surface area contributed by atoms with Gasteiger partial charge in [0, 0.05) is 56.1 Å². The number of fused-ring (bicyclic) bond motifs is 8. The van der Waals surface area contributed by atoms with Crippen molar-refractivity contribution in [2.75, 3.05) is 28.4 Å². The lowest BCUT2D eigenvalue weighted by atomic mass is 10.00. The van der Waals surface area contributed by atoms with E-state index in [9.17, 15) is 0 Å². The molecule has 0 spiro atoms. The second-order valence-electron chi connectivity index (χ2n) is 13.4. The zero-order chi connectivity index (χ0) is 38.2. The molecule has 0 saturated heterocycles. The Kier molecular flexibility index (Phi) is 8.91. The first-order chi connectivity index (χ1) is 27.5. The van der Waals surface area contributed by atoms with Crippen molar-refractivity contribution in [1.29, 1.82) is 0 Å². The molecule has 0 aliphatic carbocycles. The minimum absolute atomic E-state index is 0.780. The van der Waals surface area contributed by atoms with E-state index < -0.39 is 0 Å². The Labute approximate surface area is 324 Å². The molecule has 0 amide bonds. The minimum atomic E-state index is 0.780. The molecule has 0 saturated carbocycles. The number of rotatable bonds is 8. The van der Waals surface area contributed by atoms with E-state index in [1.807, 2.05) is 54.7 Å². The van der Waals surface area contributed by atoms with Crippen LogP contribution in [0.15, 0.2) is 132 Å². The maximum Gasteiger partial charge on any atom is 0.118 e. The number of aliphatic imine (C=N–C) groups is 1. The molecule has 9 rings (SSSR count). The lowest BCUT2D eigenvalue weighted by molar-refractivity contribution is 0.415. The van der Waals surface area contributed by atoms with E-state index in [1.165, 1.54) is 0 Å². The monoisotopic (exact) mass is 734 g/mol. The van der Waals surface area contributed by atoms with Gasteiger partial charge in [0.15, 0.2) is 0 Å². The van der Waals surface area contributed by atoms with Crippen molar-refractivity contribution in [3.8, 4) is 67.5 Å². The van der Waals surface area contributed by atoms with E-state index in [0.29, 0.717) is 0 Å². The molecular formula is C48H38N4O4. The molecule has 274 valence electrons. The van der Waals surface area contributed by atoms with Gasteiger partial charge in [0.2, 0.25) is 0 Å². The zero-order valence-corrected chi connectivity index (χ0v) is 31.4. The van der Waals surface area contributed by atoms with Crippen LogP contribution in [0.1, 0.15) is 17.0 Å². The van der Waals surface area contributed by atoms with Crippen molar-refractivity contribution in [1.82, 2.24) is 15.0 Å². The molecule has 3 aromatic heterocycles. The van der Waals surface area contributed by atoms with E-state index in [2.05, 4.69) is 101 Å². The summed E-state index contributed by atoms with van der Waals surface area (Å²) in [6, 6.07) is 43.1. The summed E-state index contributed by atoms with van der Waals surface area (Å²) < 4.78 is 22.1. The highest BCUT2D eigenvalue weighted by Crippen LogP contribution is 2.41. The van der Waals surface area contributed by atoms with Crippen molar-refractivity contribution < 1.29 is 18.9 Å². The third-order valence-corrected chi connectivity index (χ3v) is 10.3. The van der Waals surface area contributed by atoms with Crippen LogP contribution in [0.2, 0.25) is 0 Å². The molecule has 0 unspecified atom stereocenters. The molecule has 56 heavy (non-hydrogen) atoms. The third kappa shape index (κ3) is 6.27. The van der Waals surface area contributed by atoms with Crippen molar-refractivity contribution in [2.45, 2.75) is 0 Å². The van der Waals surface area contributed by atoms with Gasteiger partial charge >= 0.3 is 0 Å². The van der Waals surface area contributed by atoms with Gasteiger partial charge < -0.3 is 28.9 Å². The number of aromatic amines is 2. The molecule has 0 fully saturated rings. The van der Waals surface area contributed by atoms with Crippen LogP contribution in [0, 0.1) is 0 Å². The van der Waals surface area contributed by atoms with Crippen molar-refractivity contribution in [2.24, 2.45) is 4.99 Å². The van der Waals surface area contributed by atoms with Crippen LogP contribution in [0.5, 0.6) is 23.0 Å². The Balaban J connectivity index is 1.44. The molecule has 8 heteroatoms. The summed E-state index contributed by atoms with van der Waals surface area (Å²) in [4.78, 5) is 18.1. The van der Waals surface area contributed by atoms with Gasteiger partial charge in [-0.2, -0.15) is 0 Å². The number of nitrogens with one attached hydrogen (secondary N) is 2. The quantitative estimate of drug-likeness (QED) is 0.162. The second-order valence-corrected chi connectivity index (χ2v) is 13.4. The van der Waals surface area contributed by atoms with Crippen LogP contribution >= 0.6 is 0 Å². The Morgan fingerprint density at radius 3 is 1.12 bits per heavy atom. The van der Waals surface area contributed by atoms with Crippen LogP contribution in [0.4, 0.5) is 5.69 Å². The number of hydrogen-bond donors (Lipinski definition) is 2. The number of hydrogen-bond acceptors (Lipinski definition) is 6. The highest BCUT2D eigenvalue weighted by Gasteiger charge is 2.19. The summed E-state index contributed by atoms with van der Waals surface area (Å²) >= 11 is 0. The molecule has 7 aromatic rings. The van der Waals surface area contributed by atoms with Gasteiger partial charge in [-0.05, 0) is 113 Å². The first-order valence-corrected chi connectivity index (χ1v) is 18.3. The van der Waals surface area contributed by atoms with Crippen LogP contribution in [0.3, 0.4) is 0 Å². The van der Waals surface area contributed by atoms with Crippen LogP contribution in [-0.4, -0.2) is 49.6 Å². The molecule has 2 aliphatic rings. The lowest BCUT2D eigenvalue weighted by Gasteiger charge is -2.08. The van der Waals surface area contributed by atoms with Crippen molar-refractivity contribution >= 4 is 46.1 Å². The molecule has 2 aliphatic heterocycles. The van der Waals surface area contributed by atoms with Crippen LogP contribution in [0.25, 0.3) is 78.7 Å². The third-order valence-electron chi connectivity index (χ3n) is 10.3. The number of H-pyrrole nitrogens is 2. The lowest BCUT2D eigenvalue weighted by Crippen LogP contribution is -1.89. The Hall–Kier alpha value is -7.32. The number of aromatic nitrogens is 3. The van der Waals surface area contributed by atoms with E-state index in [1.54, 1.807) is 28.4 Å². The summed E-state index contributed by atoms with van der Waals surface area (Å²) in [5.74, 6) is 3.13. The second kappa shape index (κ2) is 14.5. The smallest absolute Gasteiger partial charge is 0.118 e. The highest BCUT2D eigenvalue weighted by molar-refractivity contribution is 6.05. The fourth-order valence-electron chi connectivity index (χ4n) is 7.48. The van der Waals surface area contributed by atoms with Gasteiger partial charge in [0.25, 0.3) is 0 Å². The van der Waals surface area contributed by atoms with Gasteiger partial charge in [-0.3, -0.25) is 4.99 Å². The number of methoxy groups -OCH3 is 4. The van der Waals surface area contributed by atoms with Crippen LogP contribution < -0.4 is 18.9 Å². The fraction of sp³-hybridized carbons (Fsp3) is 0.0833. The fourth-order valence-corrected chi connectivity index (χ4v) is 7.48. The Bertz CT molecular complexity index is 2430. The summed E-state index contributed by atoms with van der Waals surface area (Å²) in [6.45, 7) is 0. The van der Waals surface area contributed by atoms with Gasteiger partial charge in [0.1, 0.15) is 23.0 Å². The average Bonchev–Trinajstić information content (AvgIpc) is 4.10. The van der Waals surface area contributed by atoms with Crippen molar-refractivity contribution in [3.05, 3.63) is 144 Å². The summed E-state index contributed by atoms with van der Waals surface area (Å²) in [6.07, 6.45) is 6.14. The zero-order valence-electron chi connectivity index (χ0n) is 31.4. The van der Waals surface area contributed by atoms with Crippen molar-refractivity contribution in [3.63, 3.8) is 0 Å². The molecule has 4 aromatic carbocycles. The van der Waals surface area contributed by atoms with Gasteiger partial charge in [-0.15, -0.1) is 0 Å². The minimum Gasteiger partial charge on any atom is -0.497 e. The Morgan fingerprint density at radius 1 is 0.393 bits per heavy atom. The van der Waals surface area contributed by atoms with E-state index in [0.717, 1.165) is 112 Å². The normalized spacial score (nSPS) is 11.8.